The Bertz CT molecular complexity index is 897. The number of phenols is 1. The first-order chi connectivity index (χ1) is 12.7. The molecule has 0 unspecified atom stereocenters. The Kier molecular flexibility index (Phi) is 4.53. The topological polar surface area (TPSA) is 87.9 Å². The van der Waals surface area contributed by atoms with E-state index in [0.717, 1.165) is 43.3 Å². The Morgan fingerprint density at radius 3 is 3.00 bits per heavy atom. The third-order valence-electron chi connectivity index (χ3n) is 4.39. The minimum absolute atomic E-state index is 0.175. The molecule has 0 aliphatic carbocycles. The first kappa shape index (κ1) is 16.5. The molecule has 0 fully saturated rings. The number of hydrogen-bond acceptors (Lipinski definition) is 6. The average Bonchev–Trinajstić information content (AvgIpc) is 2.89. The summed E-state index contributed by atoms with van der Waals surface area (Å²) in [5.74, 6) is 1.40. The van der Waals surface area contributed by atoms with Gasteiger partial charge in [-0.05, 0) is 38.1 Å². The highest BCUT2D eigenvalue weighted by atomic mass is 16.3. The third-order valence-corrected chi connectivity index (χ3v) is 4.39. The smallest absolute Gasteiger partial charge is 0.165 e. The summed E-state index contributed by atoms with van der Waals surface area (Å²) in [6.07, 6.45) is 1.09. The molecule has 0 radical (unpaired) electrons. The summed E-state index contributed by atoms with van der Waals surface area (Å²) in [5, 5.41) is 21.5. The van der Waals surface area contributed by atoms with Crippen LogP contribution in [0.15, 0.2) is 36.4 Å². The summed E-state index contributed by atoms with van der Waals surface area (Å²) in [5.41, 5.74) is 3.67. The molecule has 0 amide bonds. The molecule has 3 N–H and O–H groups in total. The van der Waals surface area contributed by atoms with Crippen molar-refractivity contribution in [1.29, 1.82) is 0 Å². The largest absolute Gasteiger partial charge is 0.507 e. The lowest BCUT2D eigenvalue weighted by Crippen LogP contribution is -2.11. The van der Waals surface area contributed by atoms with Crippen LogP contribution in [-0.2, 0) is 19.6 Å². The van der Waals surface area contributed by atoms with E-state index in [1.54, 1.807) is 12.1 Å². The zero-order valence-electron chi connectivity index (χ0n) is 14.7. The molecule has 0 bridgehead atoms. The van der Waals surface area contributed by atoms with Gasteiger partial charge in [-0.25, -0.2) is 9.97 Å². The van der Waals surface area contributed by atoms with Crippen molar-refractivity contribution < 1.29 is 5.11 Å². The van der Waals surface area contributed by atoms with E-state index in [1.807, 2.05) is 25.1 Å². The van der Waals surface area contributed by atoms with Crippen LogP contribution in [0.25, 0.3) is 11.4 Å². The molecule has 1 aromatic carbocycles. The van der Waals surface area contributed by atoms with Gasteiger partial charge in [0.25, 0.3) is 0 Å². The molecule has 4 rings (SSSR count). The minimum Gasteiger partial charge on any atom is -0.507 e. The van der Waals surface area contributed by atoms with Gasteiger partial charge in [0, 0.05) is 24.8 Å². The molecule has 0 saturated carbocycles. The molecule has 0 saturated heterocycles. The lowest BCUT2D eigenvalue weighted by molar-refractivity contribution is 0.477. The van der Waals surface area contributed by atoms with Crippen LogP contribution in [0, 0.1) is 6.92 Å². The second kappa shape index (κ2) is 7.13. The molecular weight excluding hydrogens is 328 g/mol. The predicted molar refractivity (Wildman–Crippen MR) is 99.7 cm³/mol. The number of aryl methyl sites for hydroxylation is 2. The molecule has 1 aliphatic rings. The number of aromatic hydroxyl groups is 1. The van der Waals surface area contributed by atoms with Crippen LogP contribution in [0.4, 0.5) is 5.82 Å². The van der Waals surface area contributed by atoms with Crippen molar-refractivity contribution in [3.8, 4) is 17.1 Å². The summed E-state index contributed by atoms with van der Waals surface area (Å²) >= 11 is 0. The van der Waals surface area contributed by atoms with Crippen LogP contribution in [0.3, 0.4) is 0 Å². The van der Waals surface area contributed by atoms with Crippen LogP contribution in [0.1, 0.15) is 23.5 Å². The van der Waals surface area contributed by atoms with E-state index in [0.29, 0.717) is 17.9 Å². The number of benzene rings is 1. The molecule has 3 heterocycles. The lowest BCUT2D eigenvalue weighted by Gasteiger charge is -2.09. The van der Waals surface area contributed by atoms with Gasteiger partial charge in [-0.3, -0.25) is 4.68 Å². The van der Waals surface area contributed by atoms with Crippen molar-refractivity contribution in [1.82, 2.24) is 25.1 Å². The van der Waals surface area contributed by atoms with E-state index < -0.39 is 0 Å². The van der Waals surface area contributed by atoms with E-state index >= 15 is 0 Å². The number of anilines is 1. The number of phenolic OH excluding ortho intramolecular Hbond substituents is 1. The van der Waals surface area contributed by atoms with E-state index in [4.69, 9.17) is 0 Å². The van der Waals surface area contributed by atoms with Gasteiger partial charge >= 0.3 is 0 Å². The van der Waals surface area contributed by atoms with Crippen LogP contribution in [-0.4, -0.2) is 31.4 Å². The summed E-state index contributed by atoms with van der Waals surface area (Å²) in [6.45, 7) is 5.35. The van der Waals surface area contributed by atoms with Gasteiger partial charge in [-0.15, -0.1) is 0 Å². The number of rotatable bonds is 4. The summed E-state index contributed by atoms with van der Waals surface area (Å²) in [4.78, 5) is 8.99. The summed E-state index contributed by atoms with van der Waals surface area (Å²) < 4.78 is 2.08. The SMILES string of the molecule is Cc1cc(NCc2cc3n(n2)CCCNC3)nc(-c2ccccc2O)n1. The maximum absolute atomic E-state index is 10.1. The van der Waals surface area contributed by atoms with Crippen LogP contribution in [0.2, 0.25) is 0 Å². The Hall–Kier alpha value is -2.93. The zero-order chi connectivity index (χ0) is 17.9. The Labute approximate surface area is 152 Å². The van der Waals surface area contributed by atoms with Gasteiger partial charge in [0.1, 0.15) is 11.6 Å². The van der Waals surface area contributed by atoms with Gasteiger partial charge < -0.3 is 15.7 Å². The lowest BCUT2D eigenvalue weighted by atomic mass is 10.2. The third kappa shape index (κ3) is 3.52. The minimum atomic E-state index is 0.175. The molecule has 1 aliphatic heterocycles. The Morgan fingerprint density at radius 2 is 2.12 bits per heavy atom. The number of nitrogens with zero attached hydrogens (tertiary/aromatic N) is 4. The highest BCUT2D eigenvalue weighted by Gasteiger charge is 2.12. The molecular formula is C19H22N6O. The quantitative estimate of drug-likeness (QED) is 0.670. The molecule has 2 aromatic heterocycles. The normalized spacial score (nSPS) is 13.9. The maximum atomic E-state index is 10.1. The zero-order valence-corrected chi connectivity index (χ0v) is 14.7. The van der Waals surface area contributed by atoms with Gasteiger partial charge in [0.2, 0.25) is 0 Å². The molecule has 0 spiro atoms. The highest BCUT2D eigenvalue weighted by molar-refractivity contribution is 5.64. The molecule has 3 aromatic rings. The fourth-order valence-corrected chi connectivity index (χ4v) is 3.13. The Morgan fingerprint density at radius 1 is 1.23 bits per heavy atom. The second-order valence-electron chi connectivity index (χ2n) is 6.47. The number of para-hydroxylation sites is 1. The number of fused-ring (bicyclic) bond motifs is 1. The van der Waals surface area contributed by atoms with Crippen molar-refractivity contribution >= 4 is 5.82 Å². The molecule has 7 nitrogen and oxygen atoms in total. The first-order valence-electron chi connectivity index (χ1n) is 8.83. The van der Waals surface area contributed by atoms with Crippen molar-refractivity contribution in [3.05, 3.63) is 53.5 Å². The first-order valence-corrected chi connectivity index (χ1v) is 8.83. The van der Waals surface area contributed by atoms with E-state index in [9.17, 15) is 5.11 Å². The van der Waals surface area contributed by atoms with E-state index in [1.165, 1.54) is 5.69 Å². The number of aromatic nitrogens is 4. The van der Waals surface area contributed by atoms with Crippen molar-refractivity contribution in [2.24, 2.45) is 0 Å². The highest BCUT2D eigenvalue weighted by Crippen LogP contribution is 2.26. The molecule has 0 atom stereocenters. The van der Waals surface area contributed by atoms with Crippen LogP contribution >= 0.6 is 0 Å². The fraction of sp³-hybridized carbons (Fsp3) is 0.316. The van der Waals surface area contributed by atoms with E-state index in [2.05, 4.69) is 36.4 Å². The van der Waals surface area contributed by atoms with Crippen molar-refractivity contribution in [3.63, 3.8) is 0 Å². The van der Waals surface area contributed by atoms with Crippen molar-refractivity contribution in [2.75, 3.05) is 11.9 Å². The summed E-state index contributed by atoms with van der Waals surface area (Å²) in [6, 6.07) is 11.1. The molecule has 26 heavy (non-hydrogen) atoms. The number of hydrogen-bond donors (Lipinski definition) is 3. The second-order valence-corrected chi connectivity index (χ2v) is 6.47. The fourth-order valence-electron chi connectivity index (χ4n) is 3.13. The predicted octanol–water partition coefficient (Wildman–Crippen LogP) is 2.46. The van der Waals surface area contributed by atoms with Crippen LogP contribution < -0.4 is 10.6 Å². The standard InChI is InChI=1S/C19H22N6O/c1-13-9-18(23-19(22-13)16-5-2-3-6-17(16)26)21-11-14-10-15-12-20-7-4-8-25(15)24-14/h2-3,5-6,9-10,20,26H,4,7-8,11-12H2,1H3,(H,21,22,23). The molecule has 134 valence electrons. The average molecular weight is 350 g/mol. The van der Waals surface area contributed by atoms with E-state index in [-0.39, 0.29) is 5.75 Å². The van der Waals surface area contributed by atoms with Crippen molar-refractivity contribution in [2.45, 2.75) is 33.0 Å². The van der Waals surface area contributed by atoms with Gasteiger partial charge in [-0.2, -0.15) is 5.10 Å². The monoisotopic (exact) mass is 350 g/mol. The van der Waals surface area contributed by atoms with Crippen LogP contribution in [0.5, 0.6) is 5.75 Å². The number of nitrogens with one attached hydrogen (secondary N) is 2. The summed E-state index contributed by atoms with van der Waals surface area (Å²) in [7, 11) is 0. The van der Waals surface area contributed by atoms with Gasteiger partial charge in [0.05, 0.1) is 23.5 Å². The Balaban J connectivity index is 1.53. The van der Waals surface area contributed by atoms with Gasteiger partial charge in [-0.1, -0.05) is 12.1 Å². The maximum Gasteiger partial charge on any atom is 0.165 e. The molecule has 7 heteroatoms. The van der Waals surface area contributed by atoms with Gasteiger partial charge in [0.15, 0.2) is 5.82 Å².